The fraction of sp³-hybridized carbons (Fsp3) is 0.143. The van der Waals surface area contributed by atoms with Gasteiger partial charge in [0.2, 0.25) is 0 Å². The molecule has 1 aliphatic rings. The molecule has 0 atom stereocenters. The predicted molar refractivity (Wildman–Crippen MR) is 97.2 cm³/mol. The molecule has 0 saturated carbocycles. The molecule has 6 heteroatoms. The summed E-state index contributed by atoms with van der Waals surface area (Å²) in [7, 11) is 1.85. The highest BCUT2D eigenvalue weighted by atomic mass is 19.2. The first-order chi connectivity index (χ1) is 13.1. The Morgan fingerprint density at radius 3 is 2.48 bits per heavy atom. The van der Waals surface area contributed by atoms with Crippen molar-refractivity contribution in [1.82, 2.24) is 15.1 Å². The summed E-state index contributed by atoms with van der Waals surface area (Å²) < 4.78 is 43.5. The Bertz CT molecular complexity index is 1030. The molecule has 0 spiro atoms. The second kappa shape index (κ2) is 6.96. The Labute approximate surface area is 154 Å². The van der Waals surface area contributed by atoms with Crippen molar-refractivity contribution in [3.8, 4) is 11.3 Å². The first kappa shape index (κ1) is 17.4. The summed E-state index contributed by atoms with van der Waals surface area (Å²) >= 11 is 0. The van der Waals surface area contributed by atoms with Crippen LogP contribution in [0.1, 0.15) is 16.7 Å². The van der Waals surface area contributed by atoms with Crippen LogP contribution in [-0.4, -0.2) is 28.7 Å². The quantitative estimate of drug-likeness (QED) is 0.671. The molecule has 27 heavy (non-hydrogen) atoms. The van der Waals surface area contributed by atoms with Crippen LogP contribution in [0.2, 0.25) is 0 Å². The van der Waals surface area contributed by atoms with Crippen molar-refractivity contribution in [1.29, 1.82) is 0 Å². The van der Waals surface area contributed by atoms with Gasteiger partial charge in [-0.3, -0.25) is 4.90 Å². The summed E-state index contributed by atoms with van der Waals surface area (Å²) in [5, 5.41) is 7.78. The molecule has 0 aliphatic carbocycles. The molecule has 0 N–H and O–H groups in total. The van der Waals surface area contributed by atoms with Crippen molar-refractivity contribution >= 4 is 5.57 Å². The minimum Gasteiger partial charge on any atom is -0.298 e. The predicted octanol–water partition coefficient (Wildman–Crippen LogP) is 4.44. The van der Waals surface area contributed by atoms with Crippen molar-refractivity contribution in [2.45, 2.75) is 6.54 Å². The Morgan fingerprint density at radius 2 is 1.70 bits per heavy atom. The van der Waals surface area contributed by atoms with E-state index in [1.807, 2.05) is 11.9 Å². The van der Waals surface area contributed by atoms with E-state index in [-0.39, 0.29) is 5.56 Å². The summed E-state index contributed by atoms with van der Waals surface area (Å²) in [5.74, 6) is -2.29. The van der Waals surface area contributed by atoms with Crippen molar-refractivity contribution < 1.29 is 13.2 Å². The maximum Gasteiger partial charge on any atom is 0.166 e. The van der Waals surface area contributed by atoms with Gasteiger partial charge in [-0.15, -0.1) is 0 Å². The first-order valence-corrected chi connectivity index (χ1v) is 8.49. The largest absolute Gasteiger partial charge is 0.298 e. The maximum absolute atomic E-state index is 15.4. The summed E-state index contributed by atoms with van der Waals surface area (Å²) in [4.78, 5) is 1.91. The van der Waals surface area contributed by atoms with Gasteiger partial charge in [0.25, 0.3) is 0 Å². The van der Waals surface area contributed by atoms with Crippen molar-refractivity contribution in [3.63, 3.8) is 0 Å². The summed E-state index contributed by atoms with van der Waals surface area (Å²) in [5.41, 5.74) is 2.33. The number of rotatable bonds is 2. The Hall–Kier alpha value is -2.99. The lowest BCUT2D eigenvalue weighted by atomic mass is 9.91. The maximum atomic E-state index is 15.4. The summed E-state index contributed by atoms with van der Waals surface area (Å²) in [6, 6.07) is 10.7. The summed E-state index contributed by atoms with van der Waals surface area (Å²) in [6.45, 7) is 0.825. The van der Waals surface area contributed by atoms with E-state index in [0.29, 0.717) is 41.0 Å². The van der Waals surface area contributed by atoms with E-state index in [9.17, 15) is 8.78 Å². The molecule has 4 rings (SSSR count). The molecule has 2 heterocycles. The highest BCUT2D eigenvalue weighted by molar-refractivity contribution is 5.83. The van der Waals surface area contributed by atoms with Gasteiger partial charge in [0.15, 0.2) is 11.6 Å². The second-order valence-corrected chi connectivity index (χ2v) is 6.48. The smallest absolute Gasteiger partial charge is 0.166 e. The van der Waals surface area contributed by atoms with Crippen LogP contribution >= 0.6 is 0 Å². The number of fused-ring (bicyclic) bond motifs is 1. The monoisotopic (exact) mass is 367 g/mol. The number of hydrogen-bond donors (Lipinski definition) is 0. The Balaban J connectivity index is 1.92. The lowest BCUT2D eigenvalue weighted by Gasteiger charge is -2.17. The normalized spacial score (nSPS) is 14.4. The van der Waals surface area contributed by atoms with E-state index in [4.69, 9.17) is 0 Å². The van der Waals surface area contributed by atoms with Crippen LogP contribution < -0.4 is 0 Å². The van der Waals surface area contributed by atoms with Gasteiger partial charge >= 0.3 is 0 Å². The van der Waals surface area contributed by atoms with E-state index >= 15 is 4.39 Å². The molecule has 1 aromatic heterocycles. The molecule has 0 unspecified atom stereocenters. The van der Waals surface area contributed by atoms with Gasteiger partial charge in [-0.1, -0.05) is 24.3 Å². The molecule has 3 nitrogen and oxygen atoms in total. The molecule has 0 fully saturated rings. The highest BCUT2D eigenvalue weighted by Gasteiger charge is 2.24. The zero-order chi connectivity index (χ0) is 19.0. The van der Waals surface area contributed by atoms with Crippen LogP contribution in [-0.2, 0) is 6.54 Å². The molecular formula is C21H16F3N3. The Morgan fingerprint density at radius 1 is 0.889 bits per heavy atom. The lowest BCUT2D eigenvalue weighted by molar-refractivity contribution is 0.358. The number of benzene rings is 2. The van der Waals surface area contributed by atoms with E-state index in [2.05, 4.69) is 10.2 Å². The van der Waals surface area contributed by atoms with E-state index in [1.165, 1.54) is 18.3 Å². The zero-order valence-electron chi connectivity index (χ0n) is 14.6. The van der Waals surface area contributed by atoms with Crippen LogP contribution in [0.4, 0.5) is 13.2 Å². The van der Waals surface area contributed by atoms with E-state index in [1.54, 1.807) is 30.3 Å². The van der Waals surface area contributed by atoms with Crippen molar-refractivity contribution in [3.05, 3.63) is 88.9 Å². The number of aromatic nitrogens is 2. The third-order valence-electron chi connectivity index (χ3n) is 4.66. The van der Waals surface area contributed by atoms with Crippen LogP contribution in [0.15, 0.2) is 54.7 Å². The number of likely N-dealkylation sites (N-methyl/N-ethyl adjacent to an activating group) is 1. The van der Waals surface area contributed by atoms with Crippen molar-refractivity contribution in [2.24, 2.45) is 0 Å². The van der Waals surface area contributed by atoms with Gasteiger partial charge in [0, 0.05) is 36.0 Å². The third-order valence-corrected chi connectivity index (χ3v) is 4.66. The summed E-state index contributed by atoms with van der Waals surface area (Å²) in [6.07, 6.45) is 3.32. The molecule has 0 saturated heterocycles. The van der Waals surface area contributed by atoms with Gasteiger partial charge in [0.1, 0.15) is 5.82 Å². The van der Waals surface area contributed by atoms with Gasteiger partial charge in [-0.25, -0.2) is 13.2 Å². The molecule has 0 bridgehead atoms. The standard InChI is InChI=1S/C21H16F3N3/c1-27-11-9-14(15-4-2-5-18(22)21(15)24)13-7-8-16(20(23)17(13)12-27)19-6-3-10-25-26-19/h2-10H,11-12H2,1H3. The SMILES string of the molecule is CN1CC=C(c2cccc(F)c2F)c2ccc(-c3cccnn3)c(F)c2C1. The molecule has 0 radical (unpaired) electrons. The van der Waals surface area contributed by atoms with E-state index in [0.717, 1.165) is 6.07 Å². The fourth-order valence-corrected chi connectivity index (χ4v) is 3.33. The van der Waals surface area contributed by atoms with Crippen LogP contribution in [0.25, 0.3) is 16.8 Å². The fourth-order valence-electron chi connectivity index (χ4n) is 3.33. The third kappa shape index (κ3) is 3.13. The van der Waals surface area contributed by atoms with Gasteiger partial charge in [0.05, 0.1) is 5.69 Å². The molecule has 3 aromatic rings. The second-order valence-electron chi connectivity index (χ2n) is 6.48. The van der Waals surface area contributed by atoms with Crippen LogP contribution in [0.5, 0.6) is 0 Å². The lowest BCUT2D eigenvalue weighted by Crippen LogP contribution is -2.17. The van der Waals surface area contributed by atoms with Gasteiger partial charge < -0.3 is 0 Å². The van der Waals surface area contributed by atoms with Crippen molar-refractivity contribution in [2.75, 3.05) is 13.6 Å². The minimum atomic E-state index is -0.933. The highest BCUT2D eigenvalue weighted by Crippen LogP contribution is 2.35. The van der Waals surface area contributed by atoms with Crippen LogP contribution in [0, 0.1) is 17.5 Å². The number of nitrogens with zero attached hydrogens (tertiary/aromatic N) is 3. The molecule has 2 aromatic carbocycles. The van der Waals surface area contributed by atoms with Gasteiger partial charge in [-0.05, 0) is 42.4 Å². The Kier molecular flexibility index (Phi) is 4.49. The molecule has 1 aliphatic heterocycles. The van der Waals surface area contributed by atoms with Gasteiger partial charge in [-0.2, -0.15) is 10.2 Å². The number of hydrogen-bond acceptors (Lipinski definition) is 3. The topological polar surface area (TPSA) is 29.0 Å². The molecule has 0 amide bonds. The molecule has 136 valence electrons. The minimum absolute atomic E-state index is 0.123. The van der Waals surface area contributed by atoms with E-state index < -0.39 is 17.5 Å². The van der Waals surface area contributed by atoms with Crippen LogP contribution in [0.3, 0.4) is 0 Å². The average molecular weight is 367 g/mol. The zero-order valence-corrected chi connectivity index (χ0v) is 14.6. The average Bonchev–Trinajstić information content (AvgIpc) is 2.84. The first-order valence-electron chi connectivity index (χ1n) is 8.49. The molecular weight excluding hydrogens is 351 g/mol. The number of halogens is 3.